The van der Waals surface area contributed by atoms with Crippen LogP contribution in [0, 0.1) is 17.7 Å². The first-order valence-corrected chi connectivity index (χ1v) is 9.24. The van der Waals surface area contributed by atoms with Crippen molar-refractivity contribution in [3.8, 4) is 11.3 Å². The van der Waals surface area contributed by atoms with Gasteiger partial charge in [0.2, 0.25) is 5.95 Å². The molecule has 3 heterocycles. The smallest absolute Gasteiger partial charge is 0.253 e. The lowest BCUT2D eigenvalue weighted by Crippen LogP contribution is -2.35. The number of carbonyl (C=O) groups excluding carboxylic acids is 1. The van der Waals surface area contributed by atoms with Crippen LogP contribution in [0.25, 0.3) is 11.3 Å². The summed E-state index contributed by atoms with van der Waals surface area (Å²) in [6, 6.07) is 11.7. The molecule has 28 heavy (non-hydrogen) atoms. The van der Waals surface area contributed by atoms with E-state index in [9.17, 15) is 9.18 Å². The summed E-state index contributed by atoms with van der Waals surface area (Å²) < 4.78 is 13.4. The summed E-state index contributed by atoms with van der Waals surface area (Å²) >= 11 is 0. The quantitative estimate of drug-likeness (QED) is 0.759. The zero-order valence-electron chi connectivity index (χ0n) is 15.0. The molecule has 1 saturated heterocycles. The van der Waals surface area contributed by atoms with Crippen molar-refractivity contribution in [1.29, 1.82) is 0 Å². The molecule has 1 aliphatic heterocycles. The Morgan fingerprint density at radius 2 is 1.82 bits per heavy atom. The molecule has 1 aliphatic carbocycles. The predicted molar refractivity (Wildman–Crippen MR) is 102 cm³/mol. The maximum atomic E-state index is 13.4. The zero-order valence-corrected chi connectivity index (χ0v) is 15.0. The molecule has 2 atom stereocenters. The summed E-state index contributed by atoms with van der Waals surface area (Å²) in [5.41, 5.74) is 1.83. The number of benzene rings is 1. The Morgan fingerprint density at radius 1 is 1.04 bits per heavy atom. The van der Waals surface area contributed by atoms with Crippen LogP contribution < -0.4 is 10.2 Å². The first-order chi connectivity index (χ1) is 13.7. The molecule has 1 N–H and O–H groups in total. The Morgan fingerprint density at radius 3 is 2.50 bits per heavy atom. The van der Waals surface area contributed by atoms with Crippen LogP contribution in [0.15, 0.2) is 61.1 Å². The fraction of sp³-hybridized carbons (Fsp3) is 0.238. The molecule has 1 amide bonds. The first kappa shape index (κ1) is 16.8. The summed E-state index contributed by atoms with van der Waals surface area (Å²) in [5, 5.41) is 3.11. The fourth-order valence-electron chi connectivity index (χ4n) is 3.94. The van der Waals surface area contributed by atoms with E-state index in [2.05, 4.69) is 25.2 Å². The fourth-order valence-corrected chi connectivity index (χ4v) is 3.94. The number of fused-ring (bicyclic) bond motifs is 1. The minimum Gasteiger partial charge on any atom is -0.349 e. The first-order valence-electron chi connectivity index (χ1n) is 9.24. The number of hydrogen-bond acceptors (Lipinski definition) is 5. The van der Waals surface area contributed by atoms with Gasteiger partial charge in [0.15, 0.2) is 0 Å². The molecule has 0 bridgehead atoms. The molecule has 3 aromatic rings. The largest absolute Gasteiger partial charge is 0.349 e. The number of nitrogens with zero attached hydrogens (tertiary/aromatic N) is 4. The molecule has 5 rings (SSSR count). The molecule has 0 radical (unpaired) electrons. The molecule has 2 aromatic heterocycles. The van der Waals surface area contributed by atoms with Crippen molar-refractivity contribution in [1.82, 2.24) is 20.3 Å². The van der Waals surface area contributed by atoms with Gasteiger partial charge in [0.25, 0.3) is 5.91 Å². The van der Waals surface area contributed by atoms with Crippen molar-refractivity contribution in [2.45, 2.75) is 6.04 Å². The van der Waals surface area contributed by atoms with E-state index < -0.39 is 0 Å². The number of carbonyl (C=O) groups is 1. The zero-order chi connectivity index (χ0) is 19.1. The highest BCUT2D eigenvalue weighted by molar-refractivity contribution is 5.94. The summed E-state index contributed by atoms with van der Waals surface area (Å²) in [6.07, 6.45) is 5.02. The second-order valence-electron chi connectivity index (χ2n) is 7.22. The molecule has 0 spiro atoms. The number of amides is 1. The van der Waals surface area contributed by atoms with Gasteiger partial charge < -0.3 is 10.2 Å². The molecule has 7 heteroatoms. The lowest BCUT2D eigenvalue weighted by atomic mass is 10.1. The van der Waals surface area contributed by atoms with Crippen molar-refractivity contribution >= 4 is 11.9 Å². The van der Waals surface area contributed by atoms with Gasteiger partial charge in [0.05, 0.1) is 11.3 Å². The van der Waals surface area contributed by atoms with Gasteiger partial charge in [-0.2, -0.15) is 0 Å². The minimum atomic E-state index is -0.309. The van der Waals surface area contributed by atoms with E-state index in [0.29, 0.717) is 28.7 Å². The van der Waals surface area contributed by atoms with Gasteiger partial charge >= 0.3 is 0 Å². The van der Waals surface area contributed by atoms with Crippen LogP contribution in [0.4, 0.5) is 10.3 Å². The van der Waals surface area contributed by atoms with E-state index >= 15 is 0 Å². The van der Waals surface area contributed by atoms with Crippen LogP contribution in [-0.4, -0.2) is 40.0 Å². The van der Waals surface area contributed by atoms with Gasteiger partial charge in [-0.15, -0.1) is 0 Å². The number of pyridine rings is 1. The van der Waals surface area contributed by atoms with E-state index in [0.717, 1.165) is 19.0 Å². The third kappa shape index (κ3) is 3.09. The van der Waals surface area contributed by atoms with Crippen LogP contribution in [0.5, 0.6) is 0 Å². The van der Waals surface area contributed by atoms with Gasteiger partial charge in [-0.3, -0.25) is 9.78 Å². The Hall–Kier alpha value is -3.35. The highest BCUT2D eigenvalue weighted by Crippen LogP contribution is 2.46. The molecule has 2 fully saturated rings. The number of hydrogen-bond donors (Lipinski definition) is 1. The number of nitrogens with one attached hydrogen (secondary N) is 1. The highest BCUT2D eigenvalue weighted by Gasteiger charge is 2.57. The second-order valence-corrected chi connectivity index (χ2v) is 7.22. The molecule has 1 aromatic carbocycles. The normalized spacial score (nSPS) is 22.6. The molecule has 6 nitrogen and oxygen atoms in total. The number of anilines is 1. The van der Waals surface area contributed by atoms with Crippen molar-refractivity contribution < 1.29 is 9.18 Å². The van der Waals surface area contributed by atoms with Crippen LogP contribution in [-0.2, 0) is 0 Å². The van der Waals surface area contributed by atoms with Crippen LogP contribution in [0.3, 0.4) is 0 Å². The monoisotopic (exact) mass is 375 g/mol. The van der Waals surface area contributed by atoms with Gasteiger partial charge in [-0.25, -0.2) is 14.4 Å². The minimum absolute atomic E-state index is 0.125. The van der Waals surface area contributed by atoms with Gasteiger partial charge in [-0.1, -0.05) is 12.1 Å². The Balaban J connectivity index is 1.20. The van der Waals surface area contributed by atoms with Crippen LogP contribution >= 0.6 is 0 Å². The summed E-state index contributed by atoms with van der Waals surface area (Å²) in [4.78, 5) is 27.6. The lowest BCUT2D eigenvalue weighted by Gasteiger charge is -2.19. The van der Waals surface area contributed by atoms with Crippen LogP contribution in [0.1, 0.15) is 10.4 Å². The maximum absolute atomic E-state index is 13.4. The molecule has 1 saturated carbocycles. The maximum Gasteiger partial charge on any atom is 0.253 e. The number of rotatable bonds is 4. The van der Waals surface area contributed by atoms with Crippen molar-refractivity contribution in [3.05, 3.63) is 72.4 Å². The van der Waals surface area contributed by atoms with E-state index in [1.54, 1.807) is 42.7 Å². The van der Waals surface area contributed by atoms with Gasteiger partial charge in [0, 0.05) is 55.1 Å². The second kappa shape index (κ2) is 6.67. The molecular weight excluding hydrogens is 357 g/mol. The summed E-state index contributed by atoms with van der Waals surface area (Å²) in [5.74, 6) is 1.19. The lowest BCUT2D eigenvalue weighted by molar-refractivity contribution is 0.0946. The SMILES string of the molecule is O=C(NC1C2CN(c3ncccn3)CC21)c1ccc(-c2cccc(F)c2)nc1. The Kier molecular flexibility index (Phi) is 4.00. The van der Waals surface area contributed by atoms with E-state index in [1.807, 2.05) is 0 Å². The summed E-state index contributed by atoms with van der Waals surface area (Å²) in [6.45, 7) is 1.72. The van der Waals surface area contributed by atoms with E-state index in [1.165, 1.54) is 18.3 Å². The molecular formula is C21H18FN5O. The van der Waals surface area contributed by atoms with Crippen LogP contribution in [0.2, 0.25) is 0 Å². The van der Waals surface area contributed by atoms with Gasteiger partial charge in [-0.05, 0) is 30.3 Å². The third-order valence-electron chi connectivity index (χ3n) is 5.47. The van der Waals surface area contributed by atoms with E-state index in [4.69, 9.17) is 0 Å². The highest BCUT2D eigenvalue weighted by atomic mass is 19.1. The molecule has 140 valence electrons. The van der Waals surface area contributed by atoms with E-state index in [-0.39, 0.29) is 17.8 Å². The Labute approximate surface area is 161 Å². The third-order valence-corrected chi connectivity index (χ3v) is 5.47. The average molecular weight is 375 g/mol. The molecule has 2 unspecified atom stereocenters. The number of aromatic nitrogens is 3. The average Bonchev–Trinajstić information content (AvgIpc) is 3.17. The van der Waals surface area contributed by atoms with Gasteiger partial charge in [0.1, 0.15) is 5.82 Å². The standard InChI is InChI=1S/C21H18FN5O/c22-15-4-1-3-13(9-15)18-6-5-14(10-25-18)20(28)26-19-16-11-27(12-17(16)19)21-23-7-2-8-24-21/h1-10,16-17,19H,11-12H2,(H,26,28). The molecule has 2 aliphatic rings. The number of piperidine rings is 1. The van der Waals surface area contributed by atoms with Crippen molar-refractivity contribution in [3.63, 3.8) is 0 Å². The summed E-state index contributed by atoms with van der Waals surface area (Å²) in [7, 11) is 0. The topological polar surface area (TPSA) is 71.0 Å². The van der Waals surface area contributed by atoms with Crippen molar-refractivity contribution in [2.75, 3.05) is 18.0 Å². The Bertz CT molecular complexity index is 999. The van der Waals surface area contributed by atoms with Crippen molar-refractivity contribution in [2.24, 2.45) is 11.8 Å². The predicted octanol–water partition coefficient (Wildman–Crippen LogP) is 2.54. The number of halogens is 1.